The molecule has 6 nitrogen and oxygen atoms in total. The molecule has 0 saturated heterocycles. The largest absolute Gasteiger partial charge is 0.494 e. The summed E-state index contributed by atoms with van der Waals surface area (Å²) in [5, 5.41) is 17.3. The van der Waals surface area contributed by atoms with E-state index in [4.69, 9.17) is 17.0 Å². The van der Waals surface area contributed by atoms with Crippen molar-refractivity contribution >= 4 is 34.4 Å². The topological polar surface area (TPSA) is 76.4 Å². The van der Waals surface area contributed by atoms with Gasteiger partial charge in [0.1, 0.15) is 5.75 Å². The van der Waals surface area contributed by atoms with Gasteiger partial charge < -0.3 is 15.4 Å². The number of nitro groups is 1. The molecular formula is C16H17N3O3S. The zero-order chi connectivity index (χ0) is 17.0. The van der Waals surface area contributed by atoms with Gasteiger partial charge in [-0.3, -0.25) is 10.1 Å². The number of nitrogens with one attached hydrogen (secondary N) is 2. The fourth-order valence-electron chi connectivity index (χ4n) is 2.06. The normalized spacial score (nSPS) is 10.0. The van der Waals surface area contributed by atoms with E-state index in [0.29, 0.717) is 16.5 Å². The van der Waals surface area contributed by atoms with Crippen molar-refractivity contribution < 1.29 is 9.66 Å². The first-order chi connectivity index (χ1) is 10.9. The molecule has 0 fully saturated rings. The quantitative estimate of drug-likeness (QED) is 0.500. The van der Waals surface area contributed by atoms with E-state index in [0.717, 1.165) is 16.8 Å². The third-order valence-corrected chi connectivity index (χ3v) is 3.70. The maximum atomic E-state index is 10.8. The van der Waals surface area contributed by atoms with Gasteiger partial charge in [0.2, 0.25) is 0 Å². The third-order valence-electron chi connectivity index (χ3n) is 3.50. The van der Waals surface area contributed by atoms with Gasteiger partial charge in [-0.2, -0.15) is 0 Å². The van der Waals surface area contributed by atoms with Gasteiger partial charge in [0, 0.05) is 11.8 Å². The monoisotopic (exact) mass is 331 g/mol. The van der Waals surface area contributed by atoms with Crippen LogP contribution in [0.3, 0.4) is 0 Å². The van der Waals surface area contributed by atoms with Crippen molar-refractivity contribution in [2.24, 2.45) is 0 Å². The van der Waals surface area contributed by atoms with Crippen LogP contribution in [0, 0.1) is 24.0 Å². The molecule has 0 amide bonds. The smallest absolute Gasteiger partial charge is 0.273 e. The standard InChI is InChI=1S/C16H17N3O3S/c1-10-5-4-6-13(11(10)2)17-16(23)18-14-8-7-12(19(20)21)9-15(14)22-3/h4-9H,1-3H3,(H2,17,18,23). The molecule has 0 bridgehead atoms. The van der Waals surface area contributed by atoms with Crippen LogP contribution in [-0.4, -0.2) is 17.1 Å². The highest BCUT2D eigenvalue weighted by Crippen LogP contribution is 2.29. The summed E-state index contributed by atoms with van der Waals surface area (Å²) in [5.74, 6) is 0.351. The minimum atomic E-state index is -0.473. The van der Waals surface area contributed by atoms with Crippen LogP contribution in [0.2, 0.25) is 0 Å². The van der Waals surface area contributed by atoms with E-state index in [9.17, 15) is 10.1 Å². The van der Waals surface area contributed by atoms with E-state index in [-0.39, 0.29) is 5.69 Å². The fraction of sp³-hybridized carbons (Fsp3) is 0.188. The molecule has 0 aliphatic heterocycles. The van der Waals surface area contributed by atoms with E-state index in [1.54, 1.807) is 6.07 Å². The predicted octanol–water partition coefficient (Wildman–Crippen LogP) is 4.03. The van der Waals surface area contributed by atoms with Crippen LogP contribution < -0.4 is 15.4 Å². The zero-order valence-electron chi connectivity index (χ0n) is 13.0. The van der Waals surface area contributed by atoms with Crippen molar-refractivity contribution in [2.45, 2.75) is 13.8 Å². The van der Waals surface area contributed by atoms with E-state index >= 15 is 0 Å². The Kier molecular flexibility index (Phi) is 5.13. The summed E-state index contributed by atoms with van der Waals surface area (Å²) < 4.78 is 5.18. The maximum absolute atomic E-state index is 10.8. The van der Waals surface area contributed by atoms with Gasteiger partial charge in [-0.15, -0.1) is 0 Å². The van der Waals surface area contributed by atoms with Gasteiger partial charge in [-0.05, 0) is 49.3 Å². The molecule has 0 saturated carbocycles. The van der Waals surface area contributed by atoms with E-state index in [2.05, 4.69) is 10.6 Å². The van der Waals surface area contributed by atoms with E-state index < -0.39 is 4.92 Å². The molecule has 120 valence electrons. The fourth-order valence-corrected chi connectivity index (χ4v) is 2.28. The molecule has 2 aromatic carbocycles. The average molecular weight is 331 g/mol. The molecule has 0 aromatic heterocycles. The Morgan fingerprint density at radius 3 is 2.52 bits per heavy atom. The van der Waals surface area contributed by atoms with Crippen LogP contribution in [0.4, 0.5) is 17.1 Å². The van der Waals surface area contributed by atoms with Crippen LogP contribution in [-0.2, 0) is 0 Å². The molecule has 2 rings (SSSR count). The van der Waals surface area contributed by atoms with Crippen molar-refractivity contribution in [1.29, 1.82) is 0 Å². The number of nitro benzene ring substituents is 1. The third kappa shape index (κ3) is 3.95. The number of thiocarbonyl (C=S) groups is 1. The molecule has 0 heterocycles. The average Bonchev–Trinajstić information content (AvgIpc) is 2.52. The lowest BCUT2D eigenvalue weighted by molar-refractivity contribution is -0.384. The molecule has 0 aliphatic rings. The summed E-state index contributed by atoms with van der Waals surface area (Å²) >= 11 is 5.30. The number of methoxy groups -OCH3 is 1. The first-order valence-corrected chi connectivity index (χ1v) is 7.30. The summed E-state index contributed by atoms with van der Waals surface area (Å²) in [6.45, 7) is 4.03. The number of rotatable bonds is 4. The highest BCUT2D eigenvalue weighted by Gasteiger charge is 2.12. The summed E-state index contributed by atoms with van der Waals surface area (Å²) in [7, 11) is 1.45. The van der Waals surface area contributed by atoms with Crippen molar-refractivity contribution in [3.05, 3.63) is 57.6 Å². The number of non-ortho nitro benzene ring substituents is 1. The molecular weight excluding hydrogens is 314 g/mol. The van der Waals surface area contributed by atoms with Crippen molar-refractivity contribution in [1.82, 2.24) is 0 Å². The number of benzene rings is 2. The van der Waals surface area contributed by atoms with Crippen LogP contribution >= 0.6 is 12.2 Å². The van der Waals surface area contributed by atoms with Crippen LogP contribution in [0.15, 0.2) is 36.4 Å². The molecule has 0 aliphatic carbocycles. The first-order valence-electron chi connectivity index (χ1n) is 6.89. The van der Waals surface area contributed by atoms with Crippen LogP contribution in [0.1, 0.15) is 11.1 Å². The van der Waals surface area contributed by atoms with E-state index in [1.165, 1.54) is 19.2 Å². The number of aryl methyl sites for hydroxylation is 1. The van der Waals surface area contributed by atoms with Gasteiger partial charge in [-0.25, -0.2) is 0 Å². The minimum absolute atomic E-state index is 0.0409. The lowest BCUT2D eigenvalue weighted by atomic mass is 10.1. The van der Waals surface area contributed by atoms with Crippen molar-refractivity contribution in [3.8, 4) is 5.75 Å². The Labute approximate surface area is 139 Å². The Morgan fingerprint density at radius 1 is 1.17 bits per heavy atom. The Bertz CT molecular complexity index is 762. The number of ether oxygens (including phenoxy) is 1. The van der Waals surface area contributed by atoms with Crippen molar-refractivity contribution in [3.63, 3.8) is 0 Å². The summed E-state index contributed by atoms with van der Waals surface area (Å²) in [6.07, 6.45) is 0. The second kappa shape index (κ2) is 7.06. The van der Waals surface area contributed by atoms with Gasteiger partial charge in [0.05, 0.1) is 23.8 Å². The lowest BCUT2D eigenvalue weighted by Gasteiger charge is -2.15. The molecule has 0 spiro atoms. The number of hydrogen-bond donors (Lipinski definition) is 2. The molecule has 0 unspecified atom stereocenters. The van der Waals surface area contributed by atoms with Gasteiger partial charge in [0.25, 0.3) is 5.69 Å². The van der Waals surface area contributed by atoms with Gasteiger partial charge in [-0.1, -0.05) is 12.1 Å². The maximum Gasteiger partial charge on any atom is 0.273 e. The Hall–Kier alpha value is -2.67. The lowest BCUT2D eigenvalue weighted by Crippen LogP contribution is -2.20. The first kappa shape index (κ1) is 16.7. The van der Waals surface area contributed by atoms with E-state index in [1.807, 2.05) is 32.0 Å². The minimum Gasteiger partial charge on any atom is -0.494 e. The Morgan fingerprint density at radius 2 is 1.87 bits per heavy atom. The molecule has 2 aromatic rings. The number of nitrogens with zero attached hydrogens (tertiary/aromatic N) is 1. The molecule has 0 radical (unpaired) electrons. The predicted molar refractivity (Wildman–Crippen MR) is 95.4 cm³/mol. The Balaban J connectivity index is 2.17. The van der Waals surface area contributed by atoms with Crippen LogP contribution in [0.25, 0.3) is 0 Å². The highest BCUT2D eigenvalue weighted by atomic mass is 32.1. The van der Waals surface area contributed by atoms with Crippen molar-refractivity contribution in [2.75, 3.05) is 17.7 Å². The SMILES string of the molecule is COc1cc([N+](=O)[O-])ccc1NC(=S)Nc1cccc(C)c1C. The second-order valence-electron chi connectivity index (χ2n) is 4.97. The van der Waals surface area contributed by atoms with Crippen LogP contribution in [0.5, 0.6) is 5.75 Å². The second-order valence-corrected chi connectivity index (χ2v) is 5.38. The van der Waals surface area contributed by atoms with Gasteiger partial charge >= 0.3 is 0 Å². The van der Waals surface area contributed by atoms with Gasteiger partial charge in [0.15, 0.2) is 5.11 Å². The highest BCUT2D eigenvalue weighted by molar-refractivity contribution is 7.80. The zero-order valence-corrected chi connectivity index (χ0v) is 13.9. The molecule has 23 heavy (non-hydrogen) atoms. The molecule has 2 N–H and O–H groups in total. The number of anilines is 2. The molecule has 7 heteroatoms. The number of hydrogen-bond acceptors (Lipinski definition) is 4. The summed E-state index contributed by atoms with van der Waals surface area (Å²) in [6, 6.07) is 10.2. The summed E-state index contributed by atoms with van der Waals surface area (Å²) in [5.41, 5.74) is 3.68. The molecule has 0 atom stereocenters. The summed E-state index contributed by atoms with van der Waals surface area (Å²) in [4.78, 5) is 10.3.